The second-order valence-electron chi connectivity index (χ2n) is 7.68. The molecular weight excluding hydrogens is 536 g/mol. The van der Waals surface area contributed by atoms with Gasteiger partial charge in [0.1, 0.15) is 0 Å². The number of aryl methyl sites for hydroxylation is 2. The standard InChI is InChI=1S/C23H17Cl2F3N6OS/c1-12-6-13(2)30-22(29-12)36-11-19-20(32-33-34(19)18-9-15(24)8-16(25)10-18)21(35)31-17-5-3-4-14(7-17)23(26,27)28/h3-10H,11H2,1-2H3,(H,31,35). The lowest BCUT2D eigenvalue weighted by Gasteiger charge is -2.11. The Labute approximate surface area is 218 Å². The molecule has 4 rings (SSSR count). The third kappa shape index (κ3) is 6.15. The van der Waals surface area contributed by atoms with E-state index in [1.54, 1.807) is 18.2 Å². The Balaban J connectivity index is 1.70. The van der Waals surface area contributed by atoms with Gasteiger partial charge in [0.25, 0.3) is 5.91 Å². The van der Waals surface area contributed by atoms with E-state index in [1.807, 2.05) is 19.9 Å². The van der Waals surface area contributed by atoms with E-state index in [1.165, 1.54) is 28.6 Å². The van der Waals surface area contributed by atoms with Crippen LogP contribution in [-0.2, 0) is 11.9 Å². The molecule has 0 spiro atoms. The van der Waals surface area contributed by atoms with Crippen molar-refractivity contribution < 1.29 is 18.0 Å². The summed E-state index contributed by atoms with van der Waals surface area (Å²) in [5, 5.41) is 11.7. The van der Waals surface area contributed by atoms with Crippen LogP contribution in [0, 0.1) is 13.8 Å². The number of anilines is 1. The first-order chi connectivity index (χ1) is 17.0. The maximum Gasteiger partial charge on any atom is 0.416 e. The van der Waals surface area contributed by atoms with Crippen LogP contribution in [0.2, 0.25) is 10.0 Å². The number of halogens is 5. The maximum absolute atomic E-state index is 13.1. The van der Waals surface area contributed by atoms with Crippen molar-refractivity contribution in [2.75, 3.05) is 5.32 Å². The van der Waals surface area contributed by atoms with Gasteiger partial charge in [-0.1, -0.05) is 46.2 Å². The molecule has 36 heavy (non-hydrogen) atoms. The Kier molecular flexibility index (Phi) is 7.53. The summed E-state index contributed by atoms with van der Waals surface area (Å²) in [6, 6.07) is 10.9. The summed E-state index contributed by atoms with van der Waals surface area (Å²) in [6.45, 7) is 3.68. The molecule has 1 amide bonds. The first-order valence-corrected chi connectivity index (χ1v) is 12.1. The molecule has 7 nitrogen and oxygen atoms in total. The van der Waals surface area contributed by atoms with Crippen LogP contribution in [0.1, 0.15) is 33.1 Å². The minimum Gasteiger partial charge on any atom is -0.321 e. The molecule has 0 bridgehead atoms. The van der Waals surface area contributed by atoms with E-state index >= 15 is 0 Å². The van der Waals surface area contributed by atoms with Crippen molar-refractivity contribution in [3.8, 4) is 5.69 Å². The molecule has 2 aromatic carbocycles. The minimum atomic E-state index is -4.55. The lowest BCUT2D eigenvalue weighted by molar-refractivity contribution is -0.137. The number of carbonyl (C=O) groups excluding carboxylic acids is 1. The number of amides is 1. The number of nitrogens with zero attached hydrogens (tertiary/aromatic N) is 5. The highest BCUT2D eigenvalue weighted by atomic mass is 35.5. The van der Waals surface area contributed by atoms with E-state index in [0.717, 1.165) is 23.5 Å². The van der Waals surface area contributed by atoms with Crippen molar-refractivity contribution in [1.29, 1.82) is 0 Å². The third-order valence-corrected chi connectivity index (χ3v) is 6.11. The second kappa shape index (κ2) is 10.5. The number of benzene rings is 2. The molecule has 0 aliphatic carbocycles. The molecule has 2 heterocycles. The van der Waals surface area contributed by atoms with Crippen molar-refractivity contribution in [2.45, 2.75) is 30.9 Å². The van der Waals surface area contributed by atoms with Crippen molar-refractivity contribution in [3.05, 3.63) is 86.9 Å². The molecule has 0 unspecified atom stereocenters. The third-order valence-electron chi connectivity index (χ3n) is 4.82. The molecule has 2 aromatic heterocycles. The summed E-state index contributed by atoms with van der Waals surface area (Å²) in [5.41, 5.74) is 1.36. The van der Waals surface area contributed by atoms with E-state index < -0.39 is 17.6 Å². The Bertz CT molecular complexity index is 1400. The minimum absolute atomic E-state index is 0.0357. The van der Waals surface area contributed by atoms with Gasteiger partial charge in [0.2, 0.25) is 0 Å². The quantitative estimate of drug-likeness (QED) is 0.216. The molecule has 0 atom stereocenters. The fourth-order valence-electron chi connectivity index (χ4n) is 3.33. The van der Waals surface area contributed by atoms with Gasteiger partial charge in [0, 0.05) is 32.9 Å². The Morgan fingerprint density at radius 1 is 1.03 bits per heavy atom. The van der Waals surface area contributed by atoms with Gasteiger partial charge in [-0.2, -0.15) is 13.2 Å². The summed E-state index contributed by atoms with van der Waals surface area (Å²) in [4.78, 5) is 21.9. The van der Waals surface area contributed by atoms with Crippen LogP contribution in [0.4, 0.5) is 18.9 Å². The summed E-state index contributed by atoms with van der Waals surface area (Å²) in [5.74, 6) is -0.559. The molecule has 0 saturated carbocycles. The van der Waals surface area contributed by atoms with Crippen molar-refractivity contribution in [2.24, 2.45) is 0 Å². The fraction of sp³-hybridized carbons (Fsp3) is 0.174. The van der Waals surface area contributed by atoms with Crippen molar-refractivity contribution in [1.82, 2.24) is 25.0 Å². The number of alkyl halides is 3. The van der Waals surface area contributed by atoms with Crippen LogP contribution in [0.3, 0.4) is 0 Å². The summed E-state index contributed by atoms with van der Waals surface area (Å²) in [7, 11) is 0. The van der Waals surface area contributed by atoms with E-state index in [4.69, 9.17) is 23.2 Å². The smallest absolute Gasteiger partial charge is 0.321 e. The first-order valence-electron chi connectivity index (χ1n) is 10.3. The number of hydrogen-bond acceptors (Lipinski definition) is 6. The highest BCUT2D eigenvalue weighted by Gasteiger charge is 2.31. The van der Waals surface area contributed by atoms with Crippen LogP contribution in [0.15, 0.2) is 53.7 Å². The van der Waals surface area contributed by atoms with Crippen molar-refractivity contribution >= 4 is 46.6 Å². The van der Waals surface area contributed by atoms with Gasteiger partial charge in [0.15, 0.2) is 10.9 Å². The van der Waals surface area contributed by atoms with E-state index in [9.17, 15) is 18.0 Å². The molecule has 0 saturated heterocycles. The maximum atomic E-state index is 13.1. The molecule has 1 N–H and O–H groups in total. The number of carbonyl (C=O) groups is 1. The number of thioether (sulfide) groups is 1. The highest BCUT2D eigenvalue weighted by Crippen LogP contribution is 2.31. The van der Waals surface area contributed by atoms with Gasteiger partial charge >= 0.3 is 6.18 Å². The van der Waals surface area contributed by atoms with E-state index in [0.29, 0.717) is 26.6 Å². The fourth-order valence-corrected chi connectivity index (χ4v) is 4.79. The topological polar surface area (TPSA) is 85.6 Å². The van der Waals surface area contributed by atoms with Crippen LogP contribution < -0.4 is 5.32 Å². The average Bonchev–Trinajstić information content (AvgIpc) is 3.20. The zero-order valence-electron chi connectivity index (χ0n) is 18.8. The monoisotopic (exact) mass is 552 g/mol. The predicted molar refractivity (Wildman–Crippen MR) is 132 cm³/mol. The van der Waals surface area contributed by atoms with Gasteiger partial charge in [-0.15, -0.1) is 5.10 Å². The van der Waals surface area contributed by atoms with Gasteiger partial charge < -0.3 is 5.32 Å². The van der Waals surface area contributed by atoms with Crippen molar-refractivity contribution in [3.63, 3.8) is 0 Å². The molecule has 0 aliphatic heterocycles. The zero-order chi connectivity index (χ0) is 26.0. The van der Waals surface area contributed by atoms with E-state index in [-0.39, 0.29) is 17.1 Å². The van der Waals surface area contributed by atoms with Crippen LogP contribution in [0.5, 0.6) is 0 Å². The lowest BCUT2D eigenvalue weighted by atomic mass is 10.2. The lowest BCUT2D eigenvalue weighted by Crippen LogP contribution is -2.16. The highest BCUT2D eigenvalue weighted by molar-refractivity contribution is 7.98. The Morgan fingerprint density at radius 3 is 2.33 bits per heavy atom. The van der Waals surface area contributed by atoms with E-state index in [2.05, 4.69) is 25.6 Å². The van der Waals surface area contributed by atoms with Gasteiger partial charge in [-0.25, -0.2) is 14.6 Å². The molecule has 0 radical (unpaired) electrons. The number of nitrogens with one attached hydrogen (secondary N) is 1. The molecule has 13 heteroatoms. The summed E-state index contributed by atoms with van der Waals surface area (Å²) in [6.07, 6.45) is -4.55. The number of hydrogen-bond donors (Lipinski definition) is 1. The summed E-state index contributed by atoms with van der Waals surface area (Å²) < 4.78 is 40.7. The Morgan fingerprint density at radius 2 is 1.69 bits per heavy atom. The Hall–Kier alpha value is -3.15. The number of aromatic nitrogens is 5. The number of rotatable bonds is 6. The zero-order valence-corrected chi connectivity index (χ0v) is 21.1. The second-order valence-corrected chi connectivity index (χ2v) is 9.49. The van der Waals surface area contributed by atoms with Gasteiger partial charge in [-0.05, 0) is 56.3 Å². The van der Waals surface area contributed by atoms with Crippen LogP contribution in [0.25, 0.3) is 5.69 Å². The van der Waals surface area contributed by atoms with Gasteiger partial charge in [0.05, 0.1) is 16.9 Å². The summed E-state index contributed by atoms with van der Waals surface area (Å²) >= 11 is 13.5. The normalized spacial score (nSPS) is 11.5. The molecule has 4 aromatic rings. The molecule has 0 aliphatic rings. The van der Waals surface area contributed by atoms with Crippen LogP contribution >= 0.6 is 35.0 Å². The molecule has 186 valence electrons. The predicted octanol–water partition coefficient (Wildman–Crippen LogP) is 6.54. The molecule has 0 fully saturated rings. The largest absolute Gasteiger partial charge is 0.416 e. The first kappa shape index (κ1) is 25.9. The van der Waals surface area contributed by atoms with Gasteiger partial charge in [-0.3, -0.25) is 4.79 Å². The average molecular weight is 553 g/mol. The SMILES string of the molecule is Cc1cc(C)nc(SCc2c(C(=O)Nc3cccc(C(F)(F)F)c3)nnn2-c2cc(Cl)cc(Cl)c2)n1. The molecular formula is C23H17Cl2F3N6OS. The van der Waals surface area contributed by atoms with Crippen LogP contribution in [-0.4, -0.2) is 30.9 Å².